The molecule has 0 amide bonds. The molecular formula is C19H13NO2S2. The molecule has 3 nitrogen and oxygen atoms in total. The average molecular weight is 351 g/mol. The molecule has 24 heavy (non-hydrogen) atoms. The Labute approximate surface area is 147 Å². The maximum atomic E-state index is 11.5. The second-order valence-electron chi connectivity index (χ2n) is 5.51. The summed E-state index contributed by atoms with van der Waals surface area (Å²) in [6.07, 6.45) is 0.755. The van der Waals surface area contributed by atoms with Crippen LogP contribution in [0.5, 0.6) is 0 Å². The second-order valence-corrected chi connectivity index (χ2v) is 7.72. The van der Waals surface area contributed by atoms with Crippen LogP contribution in [0.3, 0.4) is 0 Å². The lowest BCUT2D eigenvalue weighted by molar-refractivity contribution is -0.387. The predicted molar refractivity (Wildman–Crippen MR) is 99.5 cm³/mol. The van der Waals surface area contributed by atoms with E-state index < -0.39 is 0 Å². The van der Waals surface area contributed by atoms with E-state index in [1.807, 2.05) is 48.5 Å². The monoisotopic (exact) mass is 351 g/mol. The van der Waals surface area contributed by atoms with Crippen LogP contribution in [0.2, 0.25) is 0 Å². The second kappa shape index (κ2) is 6.34. The molecule has 0 spiro atoms. The number of hydrogen-bond acceptors (Lipinski definition) is 4. The Kier molecular flexibility index (Phi) is 4.04. The molecule has 1 aliphatic carbocycles. The number of rotatable bonds is 4. The van der Waals surface area contributed by atoms with Gasteiger partial charge in [0, 0.05) is 17.4 Å². The first-order valence-electron chi connectivity index (χ1n) is 7.52. The van der Waals surface area contributed by atoms with Gasteiger partial charge in [0.15, 0.2) is 0 Å². The minimum Gasteiger partial charge on any atom is -0.258 e. The van der Waals surface area contributed by atoms with Crippen LogP contribution in [0.1, 0.15) is 11.1 Å². The van der Waals surface area contributed by atoms with Crippen molar-refractivity contribution in [3.8, 4) is 11.1 Å². The molecule has 3 aromatic rings. The van der Waals surface area contributed by atoms with Gasteiger partial charge in [-0.3, -0.25) is 10.1 Å². The third kappa shape index (κ3) is 2.70. The highest BCUT2D eigenvalue weighted by Gasteiger charge is 2.27. The molecule has 0 bridgehead atoms. The van der Waals surface area contributed by atoms with E-state index in [2.05, 4.69) is 12.1 Å². The van der Waals surface area contributed by atoms with Crippen LogP contribution in [0.15, 0.2) is 76.5 Å². The van der Waals surface area contributed by atoms with Gasteiger partial charge < -0.3 is 0 Å². The first-order chi connectivity index (χ1) is 11.7. The van der Waals surface area contributed by atoms with Gasteiger partial charge in [0.05, 0.1) is 4.92 Å². The topological polar surface area (TPSA) is 43.1 Å². The van der Waals surface area contributed by atoms with Crippen molar-refractivity contribution in [1.82, 2.24) is 0 Å². The summed E-state index contributed by atoms with van der Waals surface area (Å²) in [5.74, 6) is 0. The molecule has 0 N–H and O–H groups in total. The van der Waals surface area contributed by atoms with Crippen molar-refractivity contribution in [3.05, 3.63) is 88.0 Å². The Balaban J connectivity index is 1.76. The van der Waals surface area contributed by atoms with Gasteiger partial charge in [-0.15, -0.1) is 0 Å². The van der Waals surface area contributed by atoms with Crippen molar-refractivity contribution < 1.29 is 4.92 Å². The summed E-state index contributed by atoms with van der Waals surface area (Å²) in [5, 5.41) is 11.5. The van der Waals surface area contributed by atoms with Crippen LogP contribution in [0.4, 0.5) is 5.69 Å². The van der Waals surface area contributed by atoms with Crippen molar-refractivity contribution in [3.63, 3.8) is 0 Å². The molecule has 4 rings (SSSR count). The first-order valence-corrected chi connectivity index (χ1v) is 9.67. The van der Waals surface area contributed by atoms with Crippen LogP contribution >= 0.6 is 21.6 Å². The van der Waals surface area contributed by atoms with E-state index in [0.717, 1.165) is 27.3 Å². The maximum Gasteiger partial charge on any atom is 0.284 e. The average Bonchev–Trinajstić information content (AvgIpc) is 2.99. The largest absolute Gasteiger partial charge is 0.284 e. The smallest absolute Gasteiger partial charge is 0.258 e. The molecule has 0 saturated heterocycles. The number of fused-ring (bicyclic) bond motifs is 3. The molecule has 0 atom stereocenters. The highest BCUT2D eigenvalue weighted by atomic mass is 33.1. The van der Waals surface area contributed by atoms with Gasteiger partial charge >= 0.3 is 0 Å². The van der Waals surface area contributed by atoms with Gasteiger partial charge in [-0.25, -0.2) is 0 Å². The fourth-order valence-corrected chi connectivity index (χ4v) is 5.36. The molecule has 0 saturated carbocycles. The lowest BCUT2D eigenvalue weighted by Crippen LogP contribution is -1.94. The Morgan fingerprint density at radius 1 is 0.833 bits per heavy atom. The molecule has 0 fully saturated rings. The number of nitro benzene ring substituents is 1. The molecule has 3 aromatic carbocycles. The van der Waals surface area contributed by atoms with Gasteiger partial charge in [-0.2, -0.15) is 0 Å². The quantitative estimate of drug-likeness (QED) is 0.258. The number of nitrogens with zero attached hydrogens (tertiary/aromatic N) is 1. The Bertz CT molecular complexity index is 926. The minimum atomic E-state index is -0.281. The lowest BCUT2D eigenvalue weighted by atomic mass is 10.1. The molecule has 0 aromatic heterocycles. The molecule has 0 unspecified atom stereocenters. The maximum absolute atomic E-state index is 11.5. The molecule has 1 aliphatic rings. The Morgan fingerprint density at radius 3 is 2.38 bits per heavy atom. The molecule has 0 aliphatic heterocycles. The van der Waals surface area contributed by atoms with Gasteiger partial charge in [-0.1, -0.05) is 53.3 Å². The summed E-state index contributed by atoms with van der Waals surface area (Å²) in [7, 11) is 3.04. The Morgan fingerprint density at radius 2 is 1.58 bits per heavy atom. The minimum absolute atomic E-state index is 0.190. The van der Waals surface area contributed by atoms with E-state index in [4.69, 9.17) is 0 Å². The van der Waals surface area contributed by atoms with Crippen LogP contribution in [0, 0.1) is 10.1 Å². The van der Waals surface area contributed by atoms with Gasteiger partial charge in [0.1, 0.15) is 4.90 Å². The molecule has 118 valence electrons. The summed E-state index contributed by atoms with van der Waals surface area (Å²) in [6.45, 7) is 0. The summed E-state index contributed by atoms with van der Waals surface area (Å²) >= 11 is 0. The fourth-order valence-electron chi connectivity index (χ4n) is 2.97. The van der Waals surface area contributed by atoms with Crippen LogP contribution in [-0.4, -0.2) is 4.92 Å². The van der Waals surface area contributed by atoms with Crippen molar-refractivity contribution in [1.29, 1.82) is 0 Å². The highest BCUT2D eigenvalue weighted by molar-refractivity contribution is 8.76. The van der Waals surface area contributed by atoms with E-state index in [1.54, 1.807) is 16.9 Å². The standard InChI is InChI=1S/C19H13NO2S2/c21-20(22)18-11-10-16-15-9-5-4-6-13(15)12-17(16)19(18)24-23-14-7-2-1-3-8-14/h1-11H,12H2. The van der Waals surface area contributed by atoms with Crippen molar-refractivity contribution in [2.24, 2.45) is 0 Å². The predicted octanol–water partition coefficient (Wildman–Crippen LogP) is 5.97. The highest BCUT2D eigenvalue weighted by Crippen LogP contribution is 2.49. The third-order valence-electron chi connectivity index (χ3n) is 4.08. The van der Waals surface area contributed by atoms with Crippen LogP contribution < -0.4 is 0 Å². The Hall–Kier alpha value is -2.24. The zero-order valence-electron chi connectivity index (χ0n) is 12.6. The summed E-state index contributed by atoms with van der Waals surface area (Å²) in [4.78, 5) is 13.1. The number of benzene rings is 3. The zero-order valence-corrected chi connectivity index (χ0v) is 14.3. The summed E-state index contributed by atoms with van der Waals surface area (Å²) in [6, 6.07) is 21.7. The van der Waals surface area contributed by atoms with E-state index in [9.17, 15) is 10.1 Å². The van der Waals surface area contributed by atoms with E-state index >= 15 is 0 Å². The van der Waals surface area contributed by atoms with Gasteiger partial charge in [0.25, 0.3) is 5.69 Å². The molecule has 5 heteroatoms. The fraction of sp³-hybridized carbons (Fsp3) is 0.0526. The van der Waals surface area contributed by atoms with Crippen molar-refractivity contribution in [2.45, 2.75) is 16.2 Å². The molecular weight excluding hydrogens is 338 g/mol. The van der Waals surface area contributed by atoms with Crippen LogP contribution in [-0.2, 0) is 6.42 Å². The number of hydrogen-bond donors (Lipinski definition) is 0. The first kappa shape index (κ1) is 15.3. The number of nitro groups is 1. The van der Waals surface area contributed by atoms with Crippen molar-refractivity contribution in [2.75, 3.05) is 0 Å². The normalized spacial score (nSPS) is 11.8. The van der Waals surface area contributed by atoms with Crippen molar-refractivity contribution >= 4 is 27.3 Å². The summed E-state index contributed by atoms with van der Waals surface area (Å²) < 4.78 is 0. The SMILES string of the molecule is O=[N+]([O-])c1ccc2c(c1SSc1ccccc1)Cc1ccccc1-2. The molecule has 0 heterocycles. The van der Waals surface area contributed by atoms with Gasteiger partial charge in [-0.05, 0) is 51.2 Å². The van der Waals surface area contributed by atoms with E-state index in [0.29, 0.717) is 0 Å². The zero-order chi connectivity index (χ0) is 16.5. The van der Waals surface area contributed by atoms with Crippen LogP contribution in [0.25, 0.3) is 11.1 Å². The van der Waals surface area contributed by atoms with Gasteiger partial charge in [0.2, 0.25) is 0 Å². The summed E-state index contributed by atoms with van der Waals surface area (Å²) in [5.41, 5.74) is 4.80. The third-order valence-corrected chi connectivity index (χ3v) is 6.57. The lowest BCUT2D eigenvalue weighted by Gasteiger charge is -2.08. The molecule has 0 radical (unpaired) electrons. The van der Waals surface area contributed by atoms with E-state index in [-0.39, 0.29) is 10.6 Å². The van der Waals surface area contributed by atoms with E-state index in [1.165, 1.54) is 21.9 Å².